The summed E-state index contributed by atoms with van der Waals surface area (Å²) in [6, 6.07) is 12.2. The Kier molecular flexibility index (Phi) is 5.47. The summed E-state index contributed by atoms with van der Waals surface area (Å²) in [5.74, 6) is 0.938. The highest BCUT2D eigenvalue weighted by molar-refractivity contribution is 5.95. The van der Waals surface area contributed by atoms with Crippen molar-refractivity contribution in [3.05, 3.63) is 54.0 Å². The third-order valence-electron chi connectivity index (χ3n) is 4.90. The van der Waals surface area contributed by atoms with E-state index in [2.05, 4.69) is 30.9 Å². The van der Waals surface area contributed by atoms with Crippen LogP contribution in [0.1, 0.15) is 62.2 Å². The molecule has 1 amide bonds. The topological polar surface area (TPSA) is 36.7 Å². The SMILES string of the molecule is CCCN(CC)c1ccc(C(=O)N(C2CC2)[C@@H](C)c2ccco2)cc1. The first-order valence-electron chi connectivity index (χ1n) is 9.36. The van der Waals surface area contributed by atoms with Crippen molar-refractivity contribution in [3.63, 3.8) is 0 Å². The lowest BCUT2D eigenvalue weighted by atomic mass is 10.1. The summed E-state index contributed by atoms with van der Waals surface area (Å²) in [4.78, 5) is 17.4. The monoisotopic (exact) mass is 340 g/mol. The van der Waals surface area contributed by atoms with E-state index in [1.54, 1.807) is 6.26 Å². The normalized spacial score (nSPS) is 15.0. The Bertz CT molecular complexity index is 674. The first kappa shape index (κ1) is 17.6. The first-order valence-corrected chi connectivity index (χ1v) is 9.36. The van der Waals surface area contributed by atoms with Gasteiger partial charge in [0, 0.05) is 30.4 Å². The number of benzene rings is 1. The molecule has 134 valence electrons. The van der Waals surface area contributed by atoms with Crippen molar-refractivity contribution in [2.24, 2.45) is 0 Å². The molecule has 1 aliphatic rings. The zero-order chi connectivity index (χ0) is 17.8. The van der Waals surface area contributed by atoms with Crippen LogP contribution >= 0.6 is 0 Å². The molecule has 0 saturated heterocycles. The fourth-order valence-corrected chi connectivity index (χ4v) is 3.38. The maximum Gasteiger partial charge on any atom is 0.254 e. The third kappa shape index (κ3) is 3.89. The van der Waals surface area contributed by atoms with Gasteiger partial charge in [-0.15, -0.1) is 0 Å². The lowest BCUT2D eigenvalue weighted by Crippen LogP contribution is -2.35. The van der Waals surface area contributed by atoms with Crippen molar-refractivity contribution < 1.29 is 9.21 Å². The van der Waals surface area contributed by atoms with E-state index in [1.807, 2.05) is 36.1 Å². The number of carbonyl (C=O) groups excluding carboxylic acids is 1. The molecular weight excluding hydrogens is 312 g/mol. The van der Waals surface area contributed by atoms with Gasteiger partial charge in [0.1, 0.15) is 5.76 Å². The van der Waals surface area contributed by atoms with Gasteiger partial charge in [-0.2, -0.15) is 0 Å². The van der Waals surface area contributed by atoms with Crippen LogP contribution in [-0.2, 0) is 0 Å². The molecule has 0 radical (unpaired) electrons. The van der Waals surface area contributed by atoms with Gasteiger partial charge in [0.05, 0.1) is 12.3 Å². The van der Waals surface area contributed by atoms with E-state index in [0.717, 1.165) is 43.7 Å². The molecule has 0 N–H and O–H groups in total. The molecule has 3 rings (SSSR count). The second kappa shape index (κ2) is 7.77. The molecule has 4 heteroatoms. The number of anilines is 1. The predicted octanol–water partition coefficient (Wildman–Crippen LogP) is 4.88. The smallest absolute Gasteiger partial charge is 0.254 e. The molecule has 1 atom stereocenters. The quantitative estimate of drug-likeness (QED) is 0.687. The van der Waals surface area contributed by atoms with Crippen LogP contribution in [-0.4, -0.2) is 29.9 Å². The van der Waals surface area contributed by atoms with Crippen LogP contribution in [0.4, 0.5) is 5.69 Å². The van der Waals surface area contributed by atoms with E-state index >= 15 is 0 Å². The van der Waals surface area contributed by atoms with E-state index in [1.165, 1.54) is 5.69 Å². The highest BCUT2D eigenvalue weighted by Gasteiger charge is 2.37. The summed E-state index contributed by atoms with van der Waals surface area (Å²) in [5.41, 5.74) is 1.93. The Morgan fingerprint density at radius 1 is 1.20 bits per heavy atom. The van der Waals surface area contributed by atoms with E-state index in [9.17, 15) is 4.79 Å². The Labute approximate surface area is 150 Å². The van der Waals surface area contributed by atoms with Gasteiger partial charge in [-0.1, -0.05) is 6.92 Å². The molecule has 1 heterocycles. The van der Waals surface area contributed by atoms with Crippen molar-refractivity contribution in [1.29, 1.82) is 0 Å². The largest absolute Gasteiger partial charge is 0.467 e. The molecule has 1 fully saturated rings. The average Bonchev–Trinajstić information content (AvgIpc) is 3.31. The first-order chi connectivity index (χ1) is 12.2. The van der Waals surface area contributed by atoms with Crippen LogP contribution in [0.2, 0.25) is 0 Å². The van der Waals surface area contributed by atoms with Gasteiger partial charge >= 0.3 is 0 Å². The van der Waals surface area contributed by atoms with Gasteiger partial charge in [0.15, 0.2) is 0 Å². The molecule has 25 heavy (non-hydrogen) atoms. The Morgan fingerprint density at radius 2 is 1.92 bits per heavy atom. The molecule has 0 bridgehead atoms. The van der Waals surface area contributed by atoms with Crippen LogP contribution in [0.5, 0.6) is 0 Å². The molecule has 1 saturated carbocycles. The fraction of sp³-hybridized carbons (Fsp3) is 0.476. The third-order valence-corrected chi connectivity index (χ3v) is 4.90. The zero-order valence-corrected chi connectivity index (χ0v) is 15.4. The number of nitrogens with zero attached hydrogens (tertiary/aromatic N) is 2. The van der Waals surface area contributed by atoms with Crippen molar-refractivity contribution in [2.45, 2.75) is 52.1 Å². The van der Waals surface area contributed by atoms with Crippen LogP contribution in [0, 0.1) is 0 Å². The minimum absolute atomic E-state index is 0.0399. The van der Waals surface area contributed by atoms with E-state index in [0.29, 0.717) is 6.04 Å². The molecule has 1 aromatic carbocycles. The number of hydrogen-bond acceptors (Lipinski definition) is 3. The summed E-state index contributed by atoms with van der Waals surface area (Å²) in [6.07, 6.45) is 4.94. The van der Waals surface area contributed by atoms with Crippen LogP contribution in [0.3, 0.4) is 0 Å². The number of rotatable bonds is 8. The summed E-state index contributed by atoms with van der Waals surface area (Å²) in [6.45, 7) is 8.40. The van der Waals surface area contributed by atoms with Crippen molar-refractivity contribution in [1.82, 2.24) is 4.90 Å². The van der Waals surface area contributed by atoms with E-state index < -0.39 is 0 Å². The van der Waals surface area contributed by atoms with Gasteiger partial charge in [0.2, 0.25) is 0 Å². The van der Waals surface area contributed by atoms with Gasteiger partial charge in [-0.05, 0) is 69.5 Å². The van der Waals surface area contributed by atoms with Gasteiger partial charge in [0.25, 0.3) is 5.91 Å². The minimum Gasteiger partial charge on any atom is -0.467 e. The fourth-order valence-electron chi connectivity index (χ4n) is 3.38. The van der Waals surface area contributed by atoms with Crippen LogP contribution in [0.15, 0.2) is 47.1 Å². The molecule has 0 unspecified atom stereocenters. The Morgan fingerprint density at radius 3 is 2.44 bits per heavy atom. The number of amides is 1. The summed E-state index contributed by atoms with van der Waals surface area (Å²) in [7, 11) is 0. The van der Waals surface area contributed by atoms with E-state index in [4.69, 9.17) is 4.42 Å². The van der Waals surface area contributed by atoms with E-state index in [-0.39, 0.29) is 11.9 Å². The number of hydrogen-bond donors (Lipinski definition) is 0. The summed E-state index contributed by atoms with van der Waals surface area (Å²) in [5, 5.41) is 0. The van der Waals surface area contributed by atoms with Crippen LogP contribution in [0.25, 0.3) is 0 Å². The molecule has 2 aromatic rings. The lowest BCUT2D eigenvalue weighted by Gasteiger charge is -2.28. The minimum atomic E-state index is -0.0399. The Hall–Kier alpha value is -2.23. The zero-order valence-electron chi connectivity index (χ0n) is 15.4. The summed E-state index contributed by atoms with van der Waals surface area (Å²) >= 11 is 0. The highest BCUT2D eigenvalue weighted by Crippen LogP contribution is 2.36. The molecule has 0 aliphatic heterocycles. The molecular formula is C21H28N2O2. The molecule has 1 aliphatic carbocycles. The average molecular weight is 340 g/mol. The number of carbonyl (C=O) groups is 1. The molecule has 0 spiro atoms. The van der Waals surface area contributed by atoms with Crippen molar-refractivity contribution >= 4 is 11.6 Å². The number of furan rings is 1. The summed E-state index contributed by atoms with van der Waals surface area (Å²) < 4.78 is 5.53. The maximum absolute atomic E-state index is 13.1. The Balaban J connectivity index is 1.78. The van der Waals surface area contributed by atoms with Crippen LogP contribution < -0.4 is 4.90 Å². The van der Waals surface area contributed by atoms with Crippen molar-refractivity contribution in [3.8, 4) is 0 Å². The second-order valence-corrected chi connectivity index (χ2v) is 6.76. The standard InChI is InChI=1S/C21H28N2O2/c1-4-14-22(5-2)18-10-8-17(9-11-18)21(24)23(19-12-13-19)16(3)20-7-6-15-25-20/h6-11,15-16,19H,4-5,12-14H2,1-3H3/t16-/m0/s1. The molecule has 4 nitrogen and oxygen atoms in total. The predicted molar refractivity (Wildman–Crippen MR) is 101 cm³/mol. The van der Waals surface area contributed by atoms with Gasteiger partial charge in [-0.25, -0.2) is 0 Å². The highest BCUT2D eigenvalue weighted by atomic mass is 16.3. The maximum atomic E-state index is 13.1. The van der Waals surface area contributed by atoms with Gasteiger partial charge in [-0.3, -0.25) is 4.79 Å². The second-order valence-electron chi connectivity index (χ2n) is 6.76. The molecule has 1 aromatic heterocycles. The van der Waals surface area contributed by atoms with Gasteiger partial charge < -0.3 is 14.2 Å². The van der Waals surface area contributed by atoms with Crippen molar-refractivity contribution in [2.75, 3.05) is 18.0 Å². The lowest BCUT2D eigenvalue weighted by molar-refractivity contribution is 0.0653.